The van der Waals surface area contributed by atoms with Gasteiger partial charge < -0.3 is 15.0 Å². The Bertz CT molecular complexity index is 419. The molecule has 1 aromatic heterocycles. The average Bonchev–Trinajstić information content (AvgIpc) is 2.78. The summed E-state index contributed by atoms with van der Waals surface area (Å²) in [7, 11) is 1.71. The third-order valence-electron chi connectivity index (χ3n) is 3.32. The summed E-state index contributed by atoms with van der Waals surface area (Å²) in [6.07, 6.45) is 1.10. The van der Waals surface area contributed by atoms with E-state index in [0.29, 0.717) is 12.6 Å². The van der Waals surface area contributed by atoms with Gasteiger partial charge in [0.15, 0.2) is 5.11 Å². The minimum Gasteiger partial charge on any atom is -0.383 e. The molecule has 0 bridgehead atoms. The molecule has 2 heterocycles. The molecule has 0 spiro atoms. The van der Waals surface area contributed by atoms with Crippen molar-refractivity contribution in [3.8, 4) is 0 Å². The molecule has 0 saturated carbocycles. The molecule has 2 rings (SSSR count). The molecule has 0 saturated heterocycles. The van der Waals surface area contributed by atoms with Gasteiger partial charge in [-0.25, -0.2) is 0 Å². The molecule has 1 N–H and O–H groups in total. The molecule has 100 valence electrons. The summed E-state index contributed by atoms with van der Waals surface area (Å²) in [5.74, 6) is 0. The molecular formula is C13H20N2OS2. The van der Waals surface area contributed by atoms with Crippen molar-refractivity contribution in [2.24, 2.45) is 0 Å². The first kappa shape index (κ1) is 13.8. The summed E-state index contributed by atoms with van der Waals surface area (Å²) in [4.78, 5) is 3.78. The van der Waals surface area contributed by atoms with E-state index in [1.807, 2.05) is 11.3 Å². The summed E-state index contributed by atoms with van der Waals surface area (Å²) < 4.78 is 5.12. The van der Waals surface area contributed by atoms with Crippen LogP contribution in [0.3, 0.4) is 0 Å². The van der Waals surface area contributed by atoms with Crippen LogP contribution in [0, 0.1) is 0 Å². The first-order chi connectivity index (χ1) is 8.63. The summed E-state index contributed by atoms with van der Waals surface area (Å²) in [5, 5.41) is 6.35. The molecule has 18 heavy (non-hydrogen) atoms. The topological polar surface area (TPSA) is 24.5 Å². The molecule has 2 atom stereocenters. The first-order valence-corrected chi connectivity index (χ1v) is 7.54. The number of hydrogen-bond acceptors (Lipinski definition) is 3. The van der Waals surface area contributed by atoms with Crippen LogP contribution in [0.4, 0.5) is 0 Å². The third kappa shape index (κ3) is 2.84. The number of nitrogens with zero attached hydrogens (tertiary/aromatic N) is 1. The van der Waals surface area contributed by atoms with Gasteiger partial charge in [-0.05, 0) is 49.5 Å². The quantitative estimate of drug-likeness (QED) is 0.862. The predicted molar refractivity (Wildman–Crippen MR) is 80.2 cm³/mol. The van der Waals surface area contributed by atoms with Crippen molar-refractivity contribution in [3.05, 3.63) is 21.9 Å². The van der Waals surface area contributed by atoms with E-state index in [1.54, 1.807) is 7.11 Å². The maximum atomic E-state index is 5.51. The van der Waals surface area contributed by atoms with Gasteiger partial charge in [-0.3, -0.25) is 0 Å². The van der Waals surface area contributed by atoms with Gasteiger partial charge in [-0.15, -0.1) is 11.3 Å². The van der Waals surface area contributed by atoms with E-state index in [-0.39, 0.29) is 6.04 Å². The van der Waals surface area contributed by atoms with Crippen molar-refractivity contribution >= 4 is 28.7 Å². The van der Waals surface area contributed by atoms with Crippen LogP contribution >= 0.6 is 23.6 Å². The molecule has 0 radical (unpaired) electrons. The van der Waals surface area contributed by atoms with Crippen LogP contribution < -0.4 is 5.32 Å². The van der Waals surface area contributed by atoms with Crippen LogP contribution in [0.2, 0.25) is 0 Å². The van der Waals surface area contributed by atoms with Crippen LogP contribution in [0.5, 0.6) is 0 Å². The van der Waals surface area contributed by atoms with E-state index in [2.05, 4.69) is 35.5 Å². The normalized spacial score (nSPS) is 20.4. The Kier molecular flexibility index (Phi) is 4.59. The molecule has 1 aromatic rings. The van der Waals surface area contributed by atoms with Gasteiger partial charge in [0.25, 0.3) is 0 Å². The zero-order valence-electron chi connectivity index (χ0n) is 11.1. The zero-order chi connectivity index (χ0) is 13.1. The fraction of sp³-hybridized carbons (Fsp3) is 0.615. The van der Waals surface area contributed by atoms with Crippen molar-refractivity contribution in [1.29, 1.82) is 0 Å². The van der Waals surface area contributed by atoms with Gasteiger partial charge in [0.2, 0.25) is 0 Å². The van der Waals surface area contributed by atoms with Gasteiger partial charge >= 0.3 is 0 Å². The van der Waals surface area contributed by atoms with Gasteiger partial charge in [-0.2, -0.15) is 0 Å². The van der Waals surface area contributed by atoms with E-state index in [4.69, 9.17) is 17.0 Å². The molecule has 0 amide bonds. The summed E-state index contributed by atoms with van der Waals surface area (Å²) in [6.45, 7) is 5.98. The van der Waals surface area contributed by atoms with Crippen molar-refractivity contribution in [2.75, 3.05) is 20.3 Å². The Labute approximate surface area is 118 Å². The van der Waals surface area contributed by atoms with Crippen LogP contribution in [-0.4, -0.2) is 36.3 Å². The summed E-state index contributed by atoms with van der Waals surface area (Å²) in [5.41, 5.74) is 1.43. The Morgan fingerprint density at radius 3 is 3.22 bits per heavy atom. The Balaban J connectivity index is 2.00. The number of hydrogen-bond donors (Lipinski definition) is 1. The standard InChI is InChI=1S/C13H20N2OS2/c1-9(8-16-3)14-13(17)15-6-4-12-11(10(15)2)5-7-18-12/h5,7,9-10H,4,6,8H2,1-3H3,(H,14,17). The second kappa shape index (κ2) is 5.99. The van der Waals surface area contributed by atoms with Crippen molar-refractivity contribution < 1.29 is 4.74 Å². The number of methoxy groups -OCH3 is 1. The van der Waals surface area contributed by atoms with Crippen LogP contribution in [-0.2, 0) is 11.2 Å². The van der Waals surface area contributed by atoms with Crippen molar-refractivity contribution in [1.82, 2.24) is 10.2 Å². The van der Waals surface area contributed by atoms with E-state index in [1.165, 1.54) is 10.4 Å². The highest BCUT2D eigenvalue weighted by molar-refractivity contribution is 7.80. The highest BCUT2D eigenvalue weighted by Gasteiger charge is 2.26. The molecule has 0 fully saturated rings. The highest BCUT2D eigenvalue weighted by atomic mass is 32.1. The fourth-order valence-corrected chi connectivity index (χ4v) is 3.79. The largest absolute Gasteiger partial charge is 0.383 e. The second-order valence-corrected chi connectivity index (χ2v) is 6.11. The number of rotatable bonds is 3. The molecule has 0 aromatic carbocycles. The first-order valence-electron chi connectivity index (χ1n) is 6.25. The molecule has 0 aliphatic carbocycles. The zero-order valence-corrected chi connectivity index (χ0v) is 12.7. The molecular weight excluding hydrogens is 264 g/mol. The molecule has 1 aliphatic rings. The third-order valence-corrected chi connectivity index (χ3v) is 4.67. The summed E-state index contributed by atoms with van der Waals surface area (Å²) >= 11 is 7.36. The average molecular weight is 284 g/mol. The predicted octanol–water partition coefficient (Wildman–Crippen LogP) is 2.58. The molecule has 3 nitrogen and oxygen atoms in total. The maximum absolute atomic E-state index is 5.51. The van der Waals surface area contributed by atoms with Gasteiger partial charge in [0.05, 0.1) is 12.6 Å². The number of thiocarbonyl (C=S) groups is 1. The molecule has 2 unspecified atom stereocenters. The summed E-state index contributed by atoms with van der Waals surface area (Å²) in [6, 6.07) is 2.84. The van der Waals surface area contributed by atoms with E-state index in [0.717, 1.165) is 18.1 Å². The lowest BCUT2D eigenvalue weighted by Gasteiger charge is -2.36. The number of fused-ring (bicyclic) bond motifs is 1. The smallest absolute Gasteiger partial charge is 0.169 e. The Hall–Kier alpha value is -0.650. The Morgan fingerprint density at radius 1 is 1.72 bits per heavy atom. The van der Waals surface area contributed by atoms with Gasteiger partial charge in [0.1, 0.15) is 0 Å². The number of ether oxygens (including phenoxy) is 1. The number of nitrogens with one attached hydrogen (secondary N) is 1. The molecule has 1 aliphatic heterocycles. The highest BCUT2D eigenvalue weighted by Crippen LogP contribution is 2.32. The van der Waals surface area contributed by atoms with Gasteiger partial charge in [0, 0.05) is 24.6 Å². The fourth-order valence-electron chi connectivity index (χ4n) is 2.37. The van der Waals surface area contributed by atoms with E-state index < -0.39 is 0 Å². The van der Waals surface area contributed by atoms with E-state index in [9.17, 15) is 0 Å². The molecule has 5 heteroatoms. The minimum atomic E-state index is 0.249. The lowest BCUT2D eigenvalue weighted by molar-refractivity contribution is 0.176. The van der Waals surface area contributed by atoms with Crippen LogP contribution in [0.15, 0.2) is 11.4 Å². The minimum absolute atomic E-state index is 0.249. The lowest BCUT2D eigenvalue weighted by Crippen LogP contribution is -2.48. The van der Waals surface area contributed by atoms with Crippen molar-refractivity contribution in [2.45, 2.75) is 32.4 Å². The lowest BCUT2D eigenvalue weighted by atomic mass is 10.0. The second-order valence-electron chi connectivity index (χ2n) is 4.72. The number of thiophene rings is 1. The monoisotopic (exact) mass is 284 g/mol. The van der Waals surface area contributed by atoms with E-state index >= 15 is 0 Å². The van der Waals surface area contributed by atoms with Crippen LogP contribution in [0.25, 0.3) is 0 Å². The van der Waals surface area contributed by atoms with Crippen LogP contribution in [0.1, 0.15) is 30.3 Å². The van der Waals surface area contributed by atoms with Crippen molar-refractivity contribution in [3.63, 3.8) is 0 Å². The maximum Gasteiger partial charge on any atom is 0.169 e. The van der Waals surface area contributed by atoms with Gasteiger partial charge in [-0.1, -0.05) is 0 Å². The SMILES string of the molecule is COCC(C)NC(=S)N1CCc2sccc2C1C. The Morgan fingerprint density at radius 2 is 2.50 bits per heavy atom.